The van der Waals surface area contributed by atoms with Crippen LogP contribution < -0.4 is 5.32 Å². The first-order chi connectivity index (χ1) is 8.05. The van der Waals surface area contributed by atoms with Crippen LogP contribution in [0.15, 0.2) is 22.8 Å². The van der Waals surface area contributed by atoms with E-state index in [9.17, 15) is 8.42 Å². The summed E-state index contributed by atoms with van der Waals surface area (Å²) in [5, 5.41) is 3.69. The Hall–Kier alpha value is -1.08. The van der Waals surface area contributed by atoms with Crippen LogP contribution in [0.5, 0.6) is 0 Å². The summed E-state index contributed by atoms with van der Waals surface area (Å²) in [6.45, 7) is 0.523. The van der Waals surface area contributed by atoms with Gasteiger partial charge < -0.3 is 14.6 Å². The Morgan fingerprint density at radius 3 is 3.06 bits per heavy atom. The molecule has 0 spiro atoms. The molecule has 1 aromatic rings. The molecule has 17 heavy (non-hydrogen) atoms. The van der Waals surface area contributed by atoms with Gasteiger partial charge in [-0.15, -0.1) is 0 Å². The second-order valence-electron chi connectivity index (χ2n) is 4.41. The molecule has 2 atom stereocenters. The molecular formula is C10H12N2O3S2. The Bertz CT molecular complexity index is 538. The molecule has 0 saturated carbocycles. The van der Waals surface area contributed by atoms with Crippen molar-refractivity contribution in [2.24, 2.45) is 0 Å². The van der Waals surface area contributed by atoms with Crippen molar-refractivity contribution in [3.8, 4) is 0 Å². The predicted octanol–water partition coefficient (Wildman–Crippen LogP) is 0.135. The number of rotatable bonds is 2. The normalized spacial score (nSPS) is 30.4. The second-order valence-corrected chi connectivity index (χ2v) is 6.95. The number of hydrogen-bond acceptors (Lipinski definition) is 4. The lowest BCUT2D eigenvalue weighted by Crippen LogP contribution is -2.36. The largest absolute Gasteiger partial charge is 0.467 e. The summed E-state index contributed by atoms with van der Waals surface area (Å²) in [7, 11) is -2.94. The van der Waals surface area contributed by atoms with Gasteiger partial charge in [0.2, 0.25) is 0 Å². The molecule has 3 rings (SSSR count). The molecule has 2 fully saturated rings. The van der Waals surface area contributed by atoms with Crippen LogP contribution in [0.1, 0.15) is 5.76 Å². The van der Waals surface area contributed by atoms with Gasteiger partial charge in [0.1, 0.15) is 5.76 Å². The fourth-order valence-electron chi connectivity index (χ4n) is 2.43. The Labute approximate surface area is 105 Å². The molecule has 0 aliphatic carbocycles. The summed E-state index contributed by atoms with van der Waals surface area (Å²) in [6.07, 6.45) is 1.60. The minimum Gasteiger partial charge on any atom is -0.467 e. The van der Waals surface area contributed by atoms with Crippen LogP contribution in [0.3, 0.4) is 0 Å². The molecule has 2 aliphatic rings. The Kier molecular flexibility index (Phi) is 2.41. The molecule has 7 heteroatoms. The van der Waals surface area contributed by atoms with E-state index in [4.69, 9.17) is 16.6 Å². The number of furan rings is 1. The van der Waals surface area contributed by atoms with Crippen LogP contribution in [0.2, 0.25) is 0 Å². The second kappa shape index (κ2) is 3.71. The van der Waals surface area contributed by atoms with Crippen LogP contribution in [0.4, 0.5) is 0 Å². The lowest BCUT2D eigenvalue weighted by Gasteiger charge is -2.21. The number of sulfone groups is 1. The molecule has 3 heterocycles. The standard InChI is InChI=1S/C10H12N2O3S2/c13-17(14)5-8-9(6-17)12(10(16)11-8)4-7-2-1-3-15-7/h1-3,8-9H,4-6H2,(H,11,16)/t8-,9-/m0/s1. The van der Waals surface area contributed by atoms with Gasteiger partial charge in [-0.05, 0) is 24.4 Å². The SMILES string of the molecule is O=S1(=O)C[C@@H]2NC(=S)N(Cc3ccco3)[C@H]2C1. The average molecular weight is 272 g/mol. The van der Waals surface area contributed by atoms with Gasteiger partial charge in [0.15, 0.2) is 14.9 Å². The lowest BCUT2D eigenvalue weighted by atomic mass is 10.2. The summed E-state index contributed by atoms with van der Waals surface area (Å²) in [5.74, 6) is 1.14. The number of hydrogen-bond donors (Lipinski definition) is 1. The van der Waals surface area contributed by atoms with Crippen LogP contribution in [-0.2, 0) is 16.4 Å². The van der Waals surface area contributed by atoms with Gasteiger partial charge in [0, 0.05) is 0 Å². The Balaban J connectivity index is 1.82. The minimum absolute atomic E-state index is 0.0578. The quantitative estimate of drug-likeness (QED) is 0.773. The van der Waals surface area contributed by atoms with Gasteiger partial charge in [-0.25, -0.2) is 8.42 Å². The number of nitrogens with one attached hydrogen (secondary N) is 1. The van der Waals surface area contributed by atoms with E-state index in [0.717, 1.165) is 5.76 Å². The van der Waals surface area contributed by atoms with Crippen molar-refractivity contribution in [3.05, 3.63) is 24.2 Å². The molecule has 2 saturated heterocycles. The first-order valence-electron chi connectivity index (χ1n) is 5.35. The van der Waals surface area contributed by atoms with Gasteiger partial charge in [0.05, 0.1) is 36.4 Å². The van der Waals surface area contributed by atoms with Gasteiger partial charge in [0.25, 0.3) is 0 Å². The molecule has 1 aromatic heterocycles. The average Bonchev–Trinajstić information content (AvgIpc) is 2.87. The van der Waals surface area contributed by atoms with Crippen molar-refractivity contribution in [3.63, 3.8) is 0 Å². The van der Waals surface area contributed by atoms with Crippen molar-refractivity contribution >= 4 is 27.2 Å². The van der Waals surface area contributed by atoms with Crippen molar-refractivity contribution in [2.75, 3.05) is 11.5 Å². The summed E-state index contributed by atoms with van der Waals surface area (Å²) in [4.78, 5) is 1.91. The molecule has 1 N–H and O–H groups in total. The highest BCUT2D eigenvalue weighted by atomic mass is 32.2. The molecular weight excluding hydrogens is 260 g/mol. The van der Waals surface area contributed by atoms with Gasteiger partial charge in [-0.2, -0.15) is 0 Å². The van der Waals surface area contributed by atoms with Crippen LogP contribution in [0.25, 0.3) is 0 Å². The number of thiocarbonyl (C=S) groups is 1. The maximum absolute atomic E-state index is 11.6. The zero-order chi connectivity index (χ0) is 12.0. The fraction of sp³-hybridized carbons (Fsp3) is 0.500. The first-order valence-corrected chi connectivity index (χ1v) is 7.58. The highest BCUT2D eigenvalue weighted by Gasteiger charge is 2.47. The predicted molar refractivity (Wildman–Crippen MR) is 66.2 cm³/mol. The van der Waals surface area contributed by atoms with E-state index in [1.54, 1.807) is 6.26 Å². The zero-order valence-corrected chi connectivity index (χ0v) is 10.6. The topological polar surface area (TPSA) is 62.6 Å². The summed E-state index contributed by atoms with van der Waals surface area (Å²) < 4.78 is 28.4. The van der Waals surface area contributed by atoms with E-state index < -0.39 is 9.84 Å². The van der Waals surface area contributed by atoms with Gasteiger partial charge in [-0.3, -0.25) is 0 Å². The molecule has 2 aliphatic heterocycles. The van der Waals surface area contributed by atoms with Crippen molar-refractivity contribution in [1.29, 1.82) is 0 Å². The summed E-state index contributed by atoms with van der Waals surface area (Å²) >= 11 is 5.22. The van der Waals surface area contributed by atoms with E-state index in [2.05, 4.69) is 5.32 Å². The van der Waals surface area contributed by atoms with Crippen LogP contribution in [0, 0.1) is 0 Å². The number of nitrogens with zero attached hydrogens (tertiary/aromatic N) is 1. The summed E-state index contributed by atoms with van der Waals surface area (Å²) in [6, 6.07) is 3.55. The highest BCUT2D eigenvalue weighted by Crippen LogP contribution is 2.25. The van der Waals surface area contributed by atoms with Crippen molar-refractivity contribution in [2.45, 2.75) is 18.6 Å². The summed E-state index contributed by atoms with van der Waals surface area (Å²) in [5.41, 5.74) is 0. The fourth-order valence-corrected chi connectivity index (χ4v) is 4.70. The van der Waals surface area contributed by atoms with Gasteiger partial charge in [-0.1, -0.05) is 0 Å². The maximum atomic E-state index is 11.6. The Morgan fingerprint density at radius 1 is 1.53 bits per heavy atom. The lowest BCUT2D eigenvalue weighted by molar-refractivity contribution is 0.317. The third-order valence-corrected chi connectivity index (χ3v) is 5.27. The third-order valence-electron chi connectivity index (χ3n) is 3.20. The zero-order valence-electron chi connectivity index (χ0n) is 9.00. The molecule has 5 nitrogen and oxygen atoms in total. The van der Waals surface area contributed by atoms with Gasteiger partial charge >= 0.3 is 0 Å². The molecule has 0 bridgehead atoms. The van der Waals surface area contributed by atoms with E-state index in [1.807, 2.05) is 17.0 Å². The third kappa shape index (κ3) is 1.93. The number of fused-ring (bicyclic) bond motifs is 1. The van der Waals surface area contributed by atoms with E-state index in [-0.39, 0.29) is 23.6 Å². The molecule has 0 unspecified atom stereocenters. The van der Waals surface area contributed by atoms with Crippen molar-refractivity contribution in [1.82, 2.24) is 10.2 Å². The molecule has 92 valence electrons. The molecule has 0 amide bonds. The smallest absolute Gasteiger partial charge is 0.170 e. The monoisotopic (exact) mass is 272 g/mol. The molecule has 0 radical (unpaired) electrons. The van der Waals surface area contributed by atoms with E-state index in [1.165, 1.54) is 0 Å². The molecule has 0 aromatic carbocycles. The van der Waals surface area contributed by atoms with Crippen LogP contribution in [-0.4, -0.2) is 42.0 Å². The maximum Gasteiger partial charge on any atom is 0.170 e. The minimum atomic E-state index is -2.94. The van der Waals surface area contributed by atoms with E-state index in [0.29, 0.717) is 11.7 Å². The highest BCUT2D eigenvalue weighted by molar-refractivity contribution is 7.91. The van der Waals surface area contributed by atoms with Crippen molar-refractivity contribution < 1.29 is 12.8 Å². The first kappa shape index (κ1) is 11.0. The Morgan fingerprint density at radius 2 is 2.35 bits per heavy atom. The van der Waals surface area contributed by atoms with E-state index >= 15 is 0 Å². The van der Waals surface area contributed by atoms with Crippen LogP contribution >= 0.6 is 12.2 Å².